The Morgan fingerprint density at radius 2 is 2.09 bits per heavy atom. The summed E-state index contributed by atoms with van der Waals surface area (Å²) in [4.78, 5) is 16.0. The maximum atomic E-state index is 11.7. The van der Waals surface area contributed by atoms with E-state index in [1.54, 1.807) is 6.20 Å². The van der Waals surface area contributed by atoms with Gasteiger partial charge in [-0.25, -0.2) is 9.67 Å². The number of amides is 1. The van der Waals surface area contributed by atoms with Gasteiger partial charge in [0.2, 0.25) is 5.91 Å². The Morgan fingerprint density at radius 3 is 2.73 bits per heavy atom. The number of pyridine rings is 1. The molecule has 118 valence electrons. The zero-order valence-corrected chi connectivity index (χ0v) is 13.8. The summed E-state index contributed by atoms with van der Waals surface area (Å²) in [5, 5.41) is 7.54. The molecule has 22 heavy (non-hydrogen) atoms. The molecule has 0 spiro atoms. The van der Waals surface area contributed by atoms with Crippen molar-refractivity contribution in [3.8, 4) is 5.82 Å². The molecule has 2 aromatic heterocycles. The summed E-state index contributed by atoms with van der Waals surface area (Å²) in [7, 11) is 0. The number of nitrogens with zero attached hydrogens (tertiary/aromatic N) is 3. The molecule has 0 aliphatic carbocycles. The van der Waals surface area contributed by atoms with Crippen molar-refractivity contribution < 1.29 is 4.79 Å². The average Bonchev–Trinajstić information content (AvgIpc) is 2.75. The first-order valence-corrected chi connectivity index (χ1v) is 7.72. The van der Waals surface area contributed by atoms with Gasteiger partial charge in [-0.15, -0.1) is 0 Å². The van der Waals surface area contributed by atoms with Crippen LogP contribution in [0.15, 0.2) is 24.4 Å². The summed E-state index contributed by atoms with van der Waals surface area (Å²) in [5.41, 5.74) is 3.24. The van der Waals surface area contributed by atoms with E-state index in [0.29, 0.717) is 18.9 Å². The lowest BCUT2D eigenvalue weighted by Crippen LogP contribution is -2.26. The lowest BCUT2D eigenvalue weighted by Gasteiger charge is -2.08. The Labute approximate surface area is 131 Å². The normalized spacial score (nSPS) is 11.0. The van der Waals surface area contributed by atoms with Crippen molar-refractivity contribution in [3.05, 3.63) is 41.3 Å². The molecular formula is C17H24N4O. The smallest absolute Gasteiger partial charge is 0.220 e. The van der Waals surface area contributed by atoms with Crippen LogP contribution < -0.4 is 5.32 Å². The number of nitrogens with one attached hydrogen (secondary N) is 1. The number of hydrogen-bond donors (Lipinski definition) is 1. The van der Waals surface area contributed by atoms with Crippen LogP contribution in [-0.2, 0) is 11.2 Å². The molecule has 0 saturated carbocycles. The van der Waals surface area contributed by atoms with Gasteiger partial charge in [0.05, 0.1) is 5.69 Å². The van der Waals surface area contributed by atoms with Crippen molar-refractivity contribution in [3.63, 3.8) is 0 Å². The Kier molecular flexibility index (Phi) is 5.31. The van der Waals surface area contributed by atoms with Crippen LogP contribution in [0.3, 0.4) is 0 Å². The van der Waals surface area contributed by atoms with E-state index in [-0.39, 0.29) is 5.91 Å². The topological polar surface area (TPSA) is 59.8 Å². The van der Waals surface area contributed by atoms with Gasteiger partial charge >= 0.3 is 0 Å². The molecule has 1 N–H and O–H groups in total. The molecule has 5 nitrogen and oxygen atoms in total. The van der Waals surface area contributed by atoms with Gasteiger partial charge in [-0.2, -0.15) is 5.10 Å². The molecule has 2 heterocycles. The standard InChI is InChI=1S/C17H24N4O/c1-12(2)11-17(22)19-10-8-15-13(3)20-21(14(15)4)16-7-5-6-9-18-16/h5-7,9,12H,8,10-11H2,1-4H3,(H,19,22). The number of carbonyl (C=O) groups excluding carboxylic acids is 1. The van der Waals surface area contributed by atoms with Crippen LogP contribution in [0.25, 0.3) is 5.82 Å². The minimum Gasteiger partial charge on any atom is -0.356 e. The van der Waals surface area contributed by atoms with Gasteiger partial charge in [-0.1, -0.05) is 19.9 Å². The summed E-state index contributed by atoms with van der Waals surface area (Å²) in [5.74, 6) is 1.32. The first-order chi connectivity index (χ1) is 10.5. The number of carbonyl (C=O) groups is 1. The lowest BCUT2D eigenvalue weighted by molar-refractivity contribution is -0.121. The molecule has 2 aromatic rings. The molecule has 2 rings (SSSR count). The zero-order valence-electron chi connectivity index (χ0n) is 13.8. The Bertz CT molecular complexity index is 632. The molecule has 0 aromatic carbocycles. The predicted octanol–water partition coefficient (Wildman–Crippen LogP) is 2.59. The quantitative estimate of drug-likeness (QED) is 0.892. The van der Waals surface area contributed by atoms with E-state index in [0.717, 1.165) is 23.6 Å². The second kappa shape index (κ2) is 7.20. The SMILES string of the molecule is Cc1nn(-c2ccccn2)c(C)c1CCNC(=O)CC(C)C. The third-order valence-electron chi connectivity index (χ3n) is 3.60. The summed E-state index contributed by atoms with van der Waals surface area (Å²) in [6, 6.07) is 5.78. The molecule has 0 bridgehead atoms. The fourth-order valence-corrected chi connectivity index (χ4v) is 2.51. The lowest BCUT2D eigenvalue weighted by atomic mass is 10.1. The Hall–Kier alpha value is -2.17. The van der Waals surface area contributed by atoms with Crippen LogP contribution in [0, 0.1) is 19.8 Å². The fourth-order valence-electron chi connectivity index (χ4n) is 2.51. The predicted molar refractivity (Wildman–Crippen MR) is 87.0 cm³/mol. The largest absolute Gasteiger partial charge is 0.356 e. The summed E-state index contributed by atoms with van der Waals surface area (Å²) in [6.07, 6.45) is 3.12. The summed E-state index contributed by atoms with van der Waals surface area (Å²) in [6.45, 7) is 8.77. The third-order valence-corrected chi connectivity index (χ3v) is 3.60. The Balaban J connectivity index is 2.04. The van der Waals surface area contributed by atoms with E-state index in [9.17, 15) is 4.79 Å². The monoisotopic (exact) mass is 300 g/mol. The van der Waals surface area contributed by atoms with Gasteiger partial charge in [0, 0.05) is 24.9 Å². The first kappa shape index (κ1) is 16.2. The van der Waals surface area contributed by atoms with Gasteiger partial charge in [0.15, 0.2) is 5.82 Å². The maximum absolute atomic E-state index is 11.7. The van der Waals surface area contributed by atoms with Crippen LogP contribution in [0.4, 0.5) is 0 Å². The van der Waals surface area contributed by atoms with E-state index in [1.165, 1.54) is 5.56 Å². The van der Waals surface area contributed by atoms with Gasteiger partial charge in [0.1, 0.15) is 0 Å². The van der Waals surface area contributed by atoms with E-state index < -0.39 is 0 Å². The van der Waals surface area contributed by atoms with Crippen LogP contribution in [0.1, 0.15) is 37.2 Å². The molecule has 1 amide bonds. The van der Waals surface area contributed by atoms with Crippen LogP contribution in [0.5, 0.6) is 0 Å². The van der Waals surface area contributed by atoms with Crippen molar-refractivity contribution in [1.29, 1.82) is 0 Å². The minimum absolute atomic E-state index is 0.113. The average molecular weight is 300 g/mol. The molecule has 0 saturated heterocycles. The highest BCUT2D eigenvalue weighted by atomic mass is 16.1. The first-order valence-electron chi connectivity index (χ1n) is 7.72. The molecule has 0 aliphatic rings. The van der Waals surface area contributed by atoms with Crippen molar-refractivity contribution in [2.45, 2.75) is 40.5 Å². The van der Waals surface area contributed by atoms with Gasteiger partial charge in [-0.3, -0.25) is 4.79 Å². The number of aryl methyl sites for hydroxylation is 1. The van der Waals surface area contributed by atoms with E-state index in [2.05, 4.69) is 15.4 Å². The fraction of sp³-hybridized carbons (Fsp3) is 0.471. The molecule has 5 heteroatoms. The highest BCUT2D eigenvalue weighted by molar-refractivity contribution is 5.76. The Morgan fingerprint density at radius 1 is 1.32 bits per heavy atom. The molecule has 0 unspecified atom stereocenters. The minimum atomic E-state index is 0.113. The number of hydrogen-bond acceptors (Lipinski definition) is 3. The molecular weight excluding hydrogens is 276 g/mol. The number of rotatable bonds is 6. The molecule has 0 aliphatic heterocycles. The second-order valence-corrected chi connectivity index (χ2v) is 5.95. The van der Waals surface area contributed by atoms with Gasteiger partial charge in [-0.05, 0) is 43.9 Å². The molecule has 0 radical (unpaired) electrons. The summed E-state index contributed by atoms with van der Waals surface area (Å²) >= 11 is 0. The maximum Gasteiger partial charge on any atom is 0.220 e. The van der Waals surface area contributed by atoms with Crippen LogP contribution in [0.2, 0.25) is 0 Å². The van der Waals surface area contributed by atoms with E-state index >= 15 is 0 Å². The van der Waals surface area contributed by atoms with Gasteiger partial charge in [0.25, 0.3) is 0 Å². The highest BCUT2D eigenvalue weighted by Crippen LogP contribution is 2.16. The zero-order chi connectivity index (χ0) is 16.1. The summed E-state index contributed by atoms with van der Waals surface area (Å²) < 4.78 is 1.86. The van der Waals surface area contributed by atoms with Crippen molar-refractivity contribution >= 4 is 5.91 Å². The highest BCUT2D eigenvalue weighted by Gasteiger charge is 2.13. The van der Waals surface area contributed by atoms with Crippen molar-refractivity contribution in [2.75, 3.05) is 6.54 Å². The number of aromatic nitrogens is 3. The third kappa shape index (κ3) is 3.93. The van der Waals surface area contributed by atoms with Crippen LogP contribution in [-0.4, -0.2) is 27.2 Å². The van der Waals surface area contributed by atoms with Crippen LogP contribution >= 0.6 is 0 Å². The van der Waals surface area contributed by atoms with E-state index in [4.69, 9.17) is 0 Å². The van der Waals surface area contributed by atoms with E-state index in [1.807, 2.05) is 50.6 Å². The van der Waals surface area contributed by atoms with Crippen molar-refractivity contribution in [1.82, 2.24) is 20.1 Å². The molecule has 0 atom stereocenters. The second-order valence-electron chi connectivity index (χ2n) is 5.95. The van der Waals surface area contributed by atoms with Crippen molar-refractivity contribution in [2.24, 2.45) is 5.92 Å². The molecule has 0 fully saturated rings. The van der Waals surface area contributed by atoms with Gasteiger partial charge < -0.3 is 5.32 Å².